The number of hydrogen-bond acceptors (Lipinski definition) is 4. The maximum absolute atomic E-state index is 12.9. The topological polar surface area (TPSA) is 71.5 Å². The van der Waals surface area contributed by atoms with Crippen molar-refractivity contribution in [2.24, 2.45) is 0 Å². The van der Waals surface area contributed by atoms with Crippen LogP contribution in [-0.4, -0.2) is 35.3 Å². The van der Waals surface area contributed by atoms with E-state index >= 15 is 0 Å². The molecule has 0 spiro atoms. The summed E-state index contributed by atoms with van der Waals surface area (Å²) in [7, 11) is 0. The number of nitrogens with zero attached hydrogens (tertiary/aromatic N) is 1. The van der Waals surface area contributed by atoms with Crippen molar-refractivity contribution in [1.29, 1.82) is 0 Å². The summed E-state index contributed by atoms with van der Waals surface area (Å²) in [5.41, 5.74) is 0. The largest absolute Gasteiger partial charge is 0.479 e. The van der Waals surface area contributed by atoms with Crippen LogP contribution >= 0.6 is 23.2 Å². The van der Waals surface area contributed by atoms with Gasteiger partial charge in [0.15, 0.2) is 6.10 Å². The van der Waals surface area contributed by atoms with Gasteiger partial charge in [0.05, 0.1) is 5.02 Å². The summed E-state index contributed by atoms with van der Waals surface area (Å²) in [5, 5.41) is 11.6. The van der Waals surface area contributed by atoms with Gasteiger partial charge in [-0.3, -0.25) is 0 Å². The first-order chi connectivity index (χ1) is 11.3. The first kappa shape index (κ1) is 22.9. The fraction of sp³-hybridized carbons (Fsp3) is 0.625. The average Bonchev–Trinajstić information content (AvgIpc) is 2.53. The van der Waals surface area contributed by atoms with E-state index in [0.717, 1.165) is 6.07 Å². The zero-order valence-corrected chi connectivity index (χ0v) is 15.8. The van der Waals surface area contributed by atoms with Gasteiger partial charge in [-0.05, 0) is 38.9 Å². The van der Waals surface area contributed by atoms with E-state index in [1.165, 1.54) is 45.7 Å². The average molecular weight is 383 g/mol. The second-order valence-corrected chi connectivity index (χ2v) is 5.92. The molecule has 0 bridgehead atoms. The number of ether oxygens (including phenoxy) is 1. The van der Waals surface area contributed by atoms with Gasteiger partial charge in [0.1, 0.15) is 5.02 Å². The van der Waals surface area contributed by atoms with E-state index in [2.05, 4.69) is 24.1 Å². The van der Waals surface area contributed by atoms with Crippen LogP contribution in [-0.2, 0) is 4.79 Å². The number of nitrogens with one attached hydrogen (secondary N) is 1. The van der Waals surface area contributed by atoms with Crippen molar-refractivity contribution in [2.75, 3.05) is 13.1 Å². The molecule has 0 saturated carbocycles. The third-order valence-corrected chi connectivity index (χ3v) is 3.44. The molecule has 1 heterocycles. The predicted octanol–water partition coefficient (Wildman–Crippen LogP) is 4.56. The monoisotopic (exact) mass is 382 g/mol. The third-order valence-electron chi connectivity index (χ3n) is 2.90. The Kier molecular flexibility index (Phi) is 12.6. The highest BCUT2D eigenvalue weighted by atomic mass is 35.5. The quantitative estimate of drug-likeness (QED) is 0.483. The Labute approximate surface area is 152 Å². The fourth-order valence-corrected chi connectivity index (χ4v) is 1.86. The van der Waals surface area contributed by atoms with Gasteiger partial charge in [0, 0.05) is 0 Å². The van der Waals surface area contributed by atoms with Gasteiger partial charge >= 0.3 is 5.97 Å². The molecule has 1 rings (SSSR count). The normalized spacial score (nSPS) is 11.4. The predicted molar refractivity (Wildman–Crippen MR) is 94.6 cm³/mol. The smallest absolute Gasteiger partial charge is 0.344 e. The Morgan fingerprint density at radius 1 is 1.29 bits per heavy atom. The summed E-state index contributed by atoms with van der Waals surface area (Å²) in [6, 6.07) is 1.09. The molecule has 0 aromatic carbocycles. The van der Waals surface area contributed by atoms with Gasteiger partial charge in [-0.25, -0.2) is 4.79 Å². The molecule has 1 unspecified atom stereocenters. The molecule has 0 amide bonds. The van der Waals surface area contributed by atoms with Gasteiger partial charge < -0.3 is 15.2 Å². The van der Waals surface area contributed by atoms with Gasteiger partial charge in [-0.1, -0.05) is 49.9 Å². The van der Waals surface area contributed by atoms with Crippen molar-refractivity contribution < 1.29 is 19.0 Å². The molecule has 0 aliphatic carbocycles. The van der Waals surface area contributed by atoms with Crippen LogP contribution in [0.3, 0.4) is 0 Å². The lowest BCUT2D eigenvalue weighted by Gasteiger charge is -2.10. The molecular weight excluding hydrogens is 358 g/mol. The van der Waals surface area contributed by atoms with Crippen molar-refractivity contribution in [3.8, 4) is 5.88 Å². The molecule has 8 heteroatoms. The molecule has 24 heavy (non-hydrogen) atoms. The summed E-state index contributed by atoms with van der Waals surface area (Å²) in [5.74, 6) is -2.47. The second kappa shape index (κ2) is 13.2. The van der Waals surface area contributed by atoms with Crippen LogP contribution in [0.2, 0.25) is 10.0 Å². The molecule has 1 aromatic rings. The Morgan fingerprint density at radius 2 is 1.83 bits per heavy atom. The minimum Gasteiger partial charge on any atom is -0.479 e. The van der Waals surface area contributed by atoms with E-state index in [1.807, 2.05) is 0 Å². The van der Waals surface area contributed by atoms with Gasteiger partial charge in [0.25, 0.3) is 0 Å². The first-order valence-corrected chi connectivity index (χ1v) is 8.70. The van der Waals surface area contributed by atoms with Gasteiger partial charge in [-0.2, -0.15) is 9.37 Å². The lowest BCUT2D eigenvalue weighted by Crippen LogP contribution is -2.23. The SMILES string of the molecule is CC(Oc1nc(F)c(Cl)cc1Cl)C(=O)O.CCCCNCCCC. The minimum atomic E-state index is -1.21. The second-order valence-electron chi connectivity index (χ2n) is 5.10. The Balaban J connectivity index is 0.000000506. The summed E-state index contributed by atoms with van der Waals surface area (Å²) >= 11 is 11.0. The number of carboxylic acid groups (broad SMARTS) is 1. The maximum Gasteiger partial charge on any atom is 0.344 e. The standard InChI is InChI=1S/C8H6Cl2FNO3.C8H19N/c1-3(8(13)14)15-7-5(10)2-4(9)6(11)12-7;1-3-5-7-9-8-6-4-2/h2-3H,1H3,(H,13,14);9H,3-8H2,1-2H3. The molecule has 1 atom stereocenters. The van der Waals surface area contributed by atoms with Crippen LogP contribution in [0.25, 0.3) is 0 Å². The van der Waals surface area contributed by atoms with Crippen molar-refractivity contribution in [1.82, 2.24) is 10.3 Å². The van der Waals surface area contributed by atoms with Crippen molar-refractivity contribution in [3.63, 3.8) is 0 Å². The van der Waals surface area contributed by atoms with Crippen LogP contribution in [0, 0.1) is 5.95 Å². The van der Waals surface area contributed by atoms with E-state index in [4.69, 9.17) is 33.0 Å². The molecule has 0 aliphatic rings. The molecule has 0 saturated heterocycles. The maximum atomic E-state index is 12.9. The highest BCUT2D eigenvalue weighted by Crippen LogP contribution is 2.27. The lowest BCUT2D eigenvalue weighted by atomic mass is 10.3. The van der Waals surface area contributed by atoms with Gasteiger partial charge in [-0.15, -0.1) is 0 Å². The summed E-state index contributed by atoms with van der Waals surface area (Å²) in [4.78, 5) is 13.7. The van der Waals surface area contributed by atoms with E-state index in [1.54, 1.807) is 0 Å². The van der Waals surface area contributed by atoms with E-state index < -0.39 is 18.0 Å². The minimum absolute atomic E-state index is 0.0468. The lowest BCUT2D eigenvalue weighted by molar-refractivity contribution is -0.144. The van der Waals surface area contributed by atoms with Gasteiger partial charge in [0.2, 0.25) is 11.8 Å². The number of carboxylic acids is 1. The number of aliphatic carboxylic acids is 1. The number of rotatable bonds is 9. The molecular formula is C16H25Cl2FN2O3. The summed E-state index contributed by atoms with van der Waals surface area (Å²) in [6.45, 7) is 8.13. The Hall–Kier alpha value is -1.11. The zero-order chi connectivity index (χ0) is 18.5. The molecule has 0 fully saturated rings. The third kappa shape index (κ3) is 9.90. The Bertz CT molecular complexity index is 498. The van der Waals surface area contributed by atoms with Crippen LogP contribution < -0.4 is 10.1 Å². The number of halogens is 3. The van der Waals surface area contributed by atoms with Crippen LogP contribution in [0.4, 0.5) is 4.39 Å². The number of hydrogen-bond donors (Lipinski definition) is 2. The number of carbonyl (C=O) groups is 1. The highest BCUT2D eigenvalue weighted by molar-refractivity contribution is 6.35. The van der Waals surface area contributed by atoms with E-state index in [-0.39, 0.29) is 15.9 Å². The summed E-state index contributed by atoms with van der Waals surface area (Å²) < 4.78 is 17.7. The first-order valence-electron chi connectivity index (χ1n) is 7.95. The molecule has 5 nitrogen and oxygen atoms in total. The molecule has 1 aromatic heterocycles. The number of unbranched alkanes of at least 4 members (excludes halogenated alkanes) is 2. The van der Waals surface area contributed by atoms with Crippen LogP contribution in [0.1, 0.15) is 46.5 Å². The summed E-state index contributed by atoms with van der Waals surface area (Å²) in [6.07, 6.45) is 4.08. The Morgan fingerprint density at radius 3 is 2.29 bits per heavy atom. The van der Waals surface area contributed by atoms with Crippen molar-refractivity contribution in [3.05, 3.63) is 22.1 Å². The van der Waals surface area contributed by atoms with Crippen LogP contribution in [0.5, 0.6) is 5.88 Å². The number of aromatic nitrogens is 1. The zero-order valence-electron chi connectivity index (χ0n) is 14.2. The van der Waals surface area contributed by atoms with E-state index in [9.17, 15) is 9.18 Å². The van der Waals surface area contributed by atoms with Crippen molar-refractivity contribution >= 4 is 29.2 Å². The molecule has 138 valence electrons. The molecule has 2 N–H and O–H groups in total. The highest BCUT2D eigenvalue weighted by Gasteiger charge is 2.17. The van der Waals surface area contributed by atoms with Crippen LogP contribution in [0.15, 0.2) is 6.07 Å². The number of pyridine rings is 1. The molecule has 0 aliphatic heterocycles. The van der Waals surface area contributed by atoms with E-state index in [0.29, 0.717) is 0 Å². The molecule has 0 radical (unpaired) electrons. The van der Waals surface area contributed by atoms with Crippen molar-refractivity contribution in [2.45, 2.75) is 52.6 Å². The fourth-order valence-electron chi connectivity index (χ4n) is 1.46.